The van der Waals surface area contributed by atoms with Gasteiger partial charge in [-0.15, -0.1) is 6.58 Å². The van der Waals surface area contributed by atoms with Crippen LogP contribution < -0.4 is 10.1 Å². The van der Waals surface area contributed by atoms with Gasteiger partial charge in [0.05, 0.1) is 12.3 Å². The maximum atomic E-state index is 12.4. The van der Waals surface area contributed by atoms with Crippen LogP contribution in [0.3, 0.4) is 0 Å². The van der Waals surface area contributed by atoms with Gasteiger partial charge in [0.15, 0.2) is 0 Å². The van der Waals surface area contributed by atoms with Gasteiger partial charge in [-0.05, 0) is 30.2 Å². The number of urea groups is 1. The van der Waals surface area contributed by atoms with Crippen LogP contribution in [0.15, 0.2) is 61.2 Å². The SMILES string of the molecule is C=CCN(CCO)C(=O)Nc1ccc(C)cc1OCc1ccccc1. The second-order valence-electron chi connectivity index (χ2n) is 5.66. The number of aryl methyl sites for hydroxylation is 1. The van der Waals surface area contributed by atoms with E-state index in [1.165, 1.54) is 4.90 Å². The Balaban J connectivity index is 2.11. The van der Waals surface area contributed by atoms with E-state index in [1.807, 2.05) is 55.5 Å². The molecule has 0 atom stereocenters. The Hall–Kier alpha value is -2.79. The molecule has 0 saturated carbocycles. The number of hydrogen-bond acceptors (Lipinski definition) is 3. The predicted molar refractivity (Wildman–Crippen MR) is 99.8 cm³/mol. The number of aliphatic hydroxyl groups excluding tert-OH is 1. The van der Waals surface area contributed by atoms with E-state index >= 15 is 0 Å². The summed E-state index contributed by atoms with van der Waals surface area (Å²) >= 11 is 0. The number of carbonyl (C=O) groups is 1. The quantitative estimate of drug-likeness (QED) is 0.722. The van der Waals surface area contributed by atoms with Crippen molar-refractivity contribution in [2.45, 2.75) is 13.5 Å². The van der Waals surface area contributed by atoms with Gasteiger partial charge in [0.2, 0.25) is 0 Å². The average molecular weight is 340 g/mol. The van der Waals surface area contributed by atoms with Crippen molar-refractivity contribution in [3.63, 3.8) is 0 Å². The van der Waals surface area contributed by atoms with Gasteiger partial charge in [-0.1, -0.05) is 42.5 Å². The maximum absolute atomic E-state index is 12.4. The Morgan fingerprint density at radius 3 is 2.72 bits per heavy atom. The standard InChI is InChI=1S/C20H24N2O3/c1-3-11-22(12-13-23)20(24)21-18-10-9-16(2)14-19(18)25-15-17-7-5-4-6-8-17/h3-10,14,23H,1,11-13,15H2,2H3,(H,21,24). The van der Waals surface area contributed by atoms with Gasteiger partial charge in [-0.25, -0.2) is 4.79 Å². The third-order valence-electron chi connectivity index (χ3n) is 3.62. The minimum atomic E-state index is -0.303. The third kappa shape index (κ3) is 5.65. The van der Waals surface area contributed by atoms with Crippen LogP contribution in [0.1, 0.15) is 11.1 Å². The lowest BCUT2D eigenvalue weighted by atomic mass is 10.2. The molecular weight excluding hydrogens is 316 g/mol. The van der Waals surface area contributed by atoms with Crippen LogP contribution >= 0.6 is 0 Å². The molecule has 2 rings (SSSR count). The van der Waals surface area contributed by atoms with E-state index in [9.17, 15) is 4.79 Å². The second kappa shape index (κ2) is 9.49. The number of benzene rings is 2. The molecule has 0 aliphatic heterocycles. The highest BCUT2D eigenvalue weighted by atomic mass is 16.5. The van der Waals surface area contributed by atoms with Crippen molar-refractivity contribution in [3.05, 3.63) is 72.3 Å². The number of aliphatic hydroxyl groups is 1. The number of anilines is 1. The molecule has 0 spiro atoms. The highest BCUT2D eigenvalue weighted by Crippen LogP contribution is 2.27. The van der Waals surface area contributed by atoms with E-state index in [0.29, 0.717) is 24.6 Å². The zero-order valence-electron chi connectivity index (χ0n) is 14.4. The first-order valence-corrected chi connectivity index (χ1v) is 8.19. The fourth-order valence-electron chi connectivity index (χ4n) is 2.33. The lowest BCUT2D eigenvalue weighted by molar-refractivity contribution is 0.195. The van der Waals surface area contributed by atoms with Crippen molar-refractivity contribution in [3.8, 4) is 5.75 Å². The first-order chi connectivity index (χ1) is 12.1. The van der Waals surface area contributed by atoms with Crippen molar-refractivity contribution < 1.29 is 14.6 Å². The number of hydrogen-bond donors (Lipinski definition) is 2. The molecule has 0 bridgehead atoms. The highest BCUT2D eigenvalue weighted by Gasteiger charge is 2.14. The monoisotopic (exact) mass is 340 g/mol. The Bertz CT molecular complexity index is 701. The van der Waals surface area contributed by atoms with Crippen LogP contribution in [0, 0.1) is 6.92 Å². The molecule has 2 aromatic carbocycles. The molecule has 25 heavy (non-hydrogen) atoms. The molecule has 0 aromatic heterocycles. The summed E-state index contributed by atoms with van der Waals surface area (Å²) in [6, 6.07) is 15.2. The molecule has 5 nitrogen and oxygen atoms in total. The summed E-state index contributed by atoms with van der Waals surface area (Å²) < 4.78 is 5.90. The van der Waals surface area contributed by atoms with E-state index in [2.05, 4.69) is 11.9 Å². The number of ether oxygens (including phenoxy) is 1. The Labute approximate surface area is 148 Å². The first kappa shape index (κ1) is 18.5. The minimum absolute atomic E-state index is 0.105. The number of carbonyl (C=O) groups excluding carboxylic acids is 1. The van der Waals surface area contributed by atoms with E-state index < -0.39 is 0 Å². The largest absolute Gasteiger partial charge is 0.487 e. The molecule has 0 saturated heterocycles. The normalized spacial score (nSPS) is 10.2. The highest BCUT2D eigenvalue weighted by molar-refractivity contribution is 5.91. The zero-order valence-corrected chi connectivity index (χ0v) is 14.4. The summed E-state index contributed by atoms with van der Waals surface area (Å²) in [6.45, 7) is 6.52. The molecule has 2 N–H and O–H groups in total. The summed E-state index contributed by atoms with van der Waals surface area (Å²) in [5, 5.41) is 11.9. The molecule has 2 aromatic rings. The first-order valence-electron chi connectivity index (χ1n) is 8.19. The smallest absolute Gasteiger partial charge is 0.322 e. The Morgan fingerprint density at radius 2 is 2.04 bits per heavy atom. The van der Waals surface area contributed by atoms with Gasteiger partial charge in [-0.3, -0.25) is 0 Å². The van der Waals surface area contributed by atoms with E-state index in [0.717, 1.165) is 11.1 Å². The van der Waals surface area contributed by atoms with Crippen molar-refractivity contribution in [2.75, 3.05) is 25.0 Å². The number of amides is 2. The molecule has 0 aliphatic carbocycles. The van der Waals surface area contributed by atoms with Gasteiger partial charge in [-0.2, -0.15) is 0 Å². The lowest BCUT2D eigenvalue weighted by Crippen LogP contribution is -2.37. The van der Waals surface area contributed by atoms with Crippen LogP contribution in [0.2, 0.25) is 0 Å². The summed E-state index contributed by atoms with van der Waals surface area (Å²) in [6.07, 6.45) is 1.62. The fraction of sp³-hybridized carbons (Fsp3) is 0.250. The predicted octanol–water partition coefficient (Wildman–Crippen LogP) is 3.59. The lowest BCUT2D eigenvalue weighted by Gasteiger charge is -2.21. The maximum Gasteiger partial charge on any atom is 0.322 e. The summed E-state index contributed by atoms with van der Waals surface area (Å²) in [5.41, 5.74) is 2.69. The van der Waals surface area contributed by atoms with Crippen LogP contribution in [-0.4, -0.2) is 35.7 Å². The third-order valence-corrected chi connectivity index (χ3v) is 3.62. The summed E-state index contributed by atoms with van der Waals surface area (Å²) in [7, 11) is 0. The molecule has 0 aliphatic rings. The van der Waals surface area contributed by atoms with Crippen LogP contribution in [0.4, 0.5) is 10.5 Å². The molecule has 0 heterocycles. The topological polar surface area (TPSA) is 61.8 Å². The van der Waals surface area contributed by atoms with Crippen molar-refractivity contribution >= 4 is 11.7 Å². The van der Waals surface area contributed by atoms with Crippen LogP contribution in [0.25, 0.3) is 0 Å². The van der Waals surface area contributed by atoms with E-state index in [4.69, 9.17) is 9.84 Å². The van der Waals surface area contributed by atoms with Gasteiger partial charge >= 0.3 is 6.03 Å². The van der Waals surface area contributed by atoms with Gasteiger partial charge in [0.1, 0.15) is 12.4 Å². The Kier molecular flexibility index (Phi) is 7.04. The van der Waals surface area contributed by atoms with Gasteiger partial charge in [0.25, 0.3) is 0 Å². The number of nitrogens with one attached hydrogen (secondary N) is 1. The van der Waals surface area contributed by atoms with E-state index in [1.54, 1.807) is 6.08 Å². The van der Waals surface area contributed by atoms with Crippen LogP contribution in [0.5, 0.6) is 5.75 Å². The number of rotatable bonds is 8. The second-order valence-corrected chi connectivity index (χ2v) is 5.66. The van der Waals surface area contributed by atoms with E-state index in [-0.39, 0.29) is 19.2 Å². The molecule has 0 fully saturated rings. The molecule has 5 heteroatoms. The molecule has 132 valence electrons. The van der Waals surface area contributed by atoms with Crippen molar-refractivity contribution in [2.24, 2.45) is 0 Å². The van der Waals surface area contributed by atoms with Crippen LogP contribution in [-0.2, 0) is 6.61 Å². The molecule has 0 radical (unpaired) electrons. The molecule has 0 unspecified atom stereocenters. The van der Waals surface area contributed by atoms with Crippen molar-refractivity contribution in [1.29, 1.82) is 0 Å². The average Bonchev–Trinajstić information content (AvgIpc) is 2.62. The van der Waals surface area contributed by atoms with Gasteiger partial charge in [0, 0.05) is 13.1 Å². The number of nitrogens with zero attached hydrogens (tertiary/aromatic N) is 1. The van der Waals surface area contributed by atoms with Gasteiger partial charge < -0.3 is 20.1 Å². The van der Waals surface area contributed by atoms with Crippen molar-refractivity contribution in [1.82, 2.24) is 4.90 Å². The summed E-state index contributed by atoms with van der Waals surface area (Å²) in [5.74, 6) is 0.611. The minimum Gasteiger partial charge on any atom is -0.487 e. The zero-order chi connectivity index (χ0) is 18.1. The fourth-order valence-corrected chi connectivity index (χ4v) is 2.33. The molecule has 2 amide bonds. The summed E-state index contributed by atoms with van der Waals surface area (Å²) in [4.78, 5) is 13.9. The Morgan fingerprint density at radius 1 is 1.28 bits per heavy atom. The molecular formula is C20H24N2O3.